The van der Waals surface area contributed by atoms with Gasteiger partial charge in [-0.15, -0.1) is 0 Å². The van der Waals surface area contributed by atoms with Gasteiger partial charge in [-0.2, -0.15) is 0 Å². The molecule has 2 rings (SSSR count). The topological polar surface area (TPSA) is 35.5 Å². The first-order valence-corrected chi connectivity index (χ1v) is 14.6. The molecule has 0 amide bonds. The Morgan fingerprint density at radius 2 is 1.43 bits per heavy atom. The van der Waals surface area contributed by atoms with Crippen molar-refractivity contribution in [3.63, 3.8) is 0 Å². The molecule has 0 radical (unpaired) electrons. The molecule has 0 aromatic heterocycles. The molecule has 0 N–H and O–H groups in total. The lowest BCUT2D eigenvalue weighted by Crippen LogP contribution is -2.44. The van der Waals surface area contributed by atoms with Crippen LogP contribution in [0.3, 0.4) is 0 Å². The largest absolute Gasteiger partial charge is 0.493 e. The van der Waals surface area contributed by atoms with Gasteiger partial charge in [0, 0.05) is 12.0 Å². The predicted molar refractivity (Wildman–Crippen MR) is 155 cm³/mol. The SMILES string of the molecule is CCCCCCCCCCCc1cccc(OCCCOC(=O)C(C)C[N+](C)(C)Cc2ccccc2)c1. The van der Waals surface area contributed by atoms with Crippen LogP contribution in [0.15, 0.2) is 54.6 Å². The van der Waals surface area contributed by atoms with Crippen molar-refractivity contribution in [1.29, 1.82) is 0 Å². The number of hydrogen-bond acceptors (Lipinski definition) is 3. The quantitative estimate of drug-likeness (QED) is 0.103. The van der Waals surface area contributed by atoms with E-state index in [-0.39, 0.29) is 11.9 Å². The van der Waals surface area contributed by atoms with E-state index in [1.807, 2.05) is 19.1 Å². The first kappa shape index (κ1) is 30.9. The molecule has 0 aliphatic heterocycles. The van der Waals surface area contributed by atoms with E-state index < -0.39 is 0 Å². The van der Waals surface area contributed by atoms with Gasteiger partial charge in [0.05, 0.1) is 33.9 Å². The molecule has 37 heavy (non-hydrogen) atoms. The Balaban J connectivity index is 1.56. The van der Waals surface area contributed by atoms with Crippen LogP contribution < -0.4 is 4.74 Å². The van der Waals surface area contributed by atoms with Crippen LogP contribution in [0.1, 0.15) is 89.2 Å². The zero-order valence-electron chi connectivity index (χ0n) is 24.1. The maximum absolute atomic E-state index is 12.5. The van der Waals surface area contributed by atoms with Crippen LogP contribution in [-0.4, -0.2) is 44.3 Å². The number of carbonyl (C=O) groups excluding carboxylic acids is 1. The van der Waals surface area contributed by atoms with E-state index >= 15 is 0 Å². The third kappa shape index (κ3) is 14.3. The highest BCUT2D eigenvalue weighted by Crippen LogP contribution is 2.17. The van der Waals surface area contributed by atoms with Crippen LogP contribution in [-0.2, 0) is 22.5 Å². The lowest BCUT2D eigenvalue weighted by atomic mass is 10.0. The van der Waals surface area contributed by atoms with E-state index in [1.165, 1.54) is 68.9 Å². The molecule has 2 aromatic rings. The summed E-state index contributed by atoms with van der Waals surface area (Å²) in [5.74, 6) is 0.646. The molecule has 0 aliphatic rings. The minimum Gasteiger partial charge on any atom is -0.493 e. The molecule has 206 valence electrons. The van der Waals surface area contributed by atoms with Crippen molar-refractivity contribution in [2.75, 3.05) is 33.9 Å². The number of benzene rings is 2. The molecule has 0 aliphatic carbocycles. The summed E-state index contributed by atoms with van der Waals surface area (Å²) in [4.78, 5) is 12.5. The zero-order chi connectivity index (χ0) is 26.8. The minimum atomic E-state index is -0.141. The first-order valence-electron chi connectivity index (χ1n) is 14.6. The molecule has 2 aromatic carbocycles. The molecule has 0 heterocycles. The fourth-order valence-electron chi connectivity index (χ4n) is 4.95. The van der Waals surface area contributed by atoms with Crippen LogP contribution in [0.5, 0.6) is 5.75 Å². The minimum absolute atomic E-state index is 0.123. The van der Waals surface area contributed by atoms with Crippen LogP contribution in [0.2, 0.25) is 0 Å². The van der Waals surface area contributed by atoms with E-state index in [0.717, 1.165) is 29.7 Å². The lowest BCUT2D eigenvalue weighted by Gasteiger charge is -2.31. The summed E-state index contributed by atoms with van der Waals surface area (Å²) in [6.45, 7) is 6.82. The Morgan fingerprint density at radius 3 is 2.14 bits per heavy atom. The maximum atomic E-state index is 12.5. The molecular formula is C33H52NO3+. The third-order valence-corrected chi connectivity index (χ3v) is 6.89. The highest BCUT2D eigenvalue weighted by atomic mass is 16.5. The number of unbranched alkanes of at least 4 members (excludes halogenated alkanes) is 8. The van der Waals surface area contributed by atoms with Gasteiger partial charge in [0.2, 0.25) is 0 Å². The summed E-state index contributed by atoms with van der Waals surface area (Å²) in [7, 11) is 4.32. The van der Waals surface area contributed by atoms with Crippen LogP contribution >= 0.6 is 0 Å². The molecule has 1 atom stereocenters. The van der Waals surface area contributed by atoms with Crippen molar-refractivity contribution < 1.29 is 18.8 Å². The first-order chi connectivity index (χ1) is 17.9. The van der Waals surface area contributed by atoms with Gasteiger partial charge in [-0.1, -0.05) is 101 Å². The van der Waals surface area contributed by atoms with Crippen molar-refractivity contribution in [3.05, 3.63) is 65.7 Å². The number of nitrogens with zero attached hydrogens (tertiary/aromatic N) is 1. The maximum Gasteiger partial charge on any atom is 0.314 e. The second-order valence-corrected chi connectivity index (χ2v) is 11.3. The van der Waals surface area contributed by atoms with Crippen molar-refractivity contribution in [2.24, 2.45) is 5.92 Å². The smallest absolute Gasteiger partial charge is 0.314 e. The van der Waals surface area contributed by atoms with Gasteiger partial charge in [-0.05, 0) is 37.5 Å². The Labute approximate surface area is 227 Å². The number of rotatable bonds is 20. The Morgan fingerprint density at radius 1 is 0.784 bits per heavy atom. The Hall–Kier alpha value is -2.33. The molecule has 0 fully saturated rings. The molecule has 4 nitrogen and oxygen atoms in total. The molecule has 0 saturated carbocycles. The summed E-state index contributed by atoms with van der Waals surface area (Å²) in [5, 5.41) is 0. The highest BCUT2D eigenvalue weighted by molar-refractivity contribution is 5.72. The van der Waals surface area contributed by atoms with Gasteiger partial charge in [-0.3, -0.25) is 4.79 Å². The van der Waals surface area contributed by atoms with Crippen molar-refractivity contribution in [3.8, 4) is 5.75 Å². The Bertz CT molecular complexity index is 865. The van der Waals surface area contributed by atoms with E-state index in [2.05, 4.69) is 63.5 Å². The van der Waals surface area contributed by atoms with E-state index in [4.69, 9.17) is 9.47 Å². The number of esters is 1. The van der Waals surface area contributed by atoms with Crippen molar-refractivity contribution >= 4 is 5.97 Å². The molecule has 0 saturated heterocycles. The second-order valence-electron chi connectivity index (χ2n) is 11.3. The van der Waals surface area contributed by atoms with Crippen molar-refractivity contribution in [1.82, 2.24) is 0 Å². The van der Waals surface area contributed by atoms with Gasteiger partial charge in [0.25, 0.3) is 0 Å². The van der Waals surface area contributed by atoms with Crippen LogP contribution in [0.4, 0.5) is 0 Å². The average Bonchev–Trinajstić information content (AvgIpc) is 2.87. The summed E-state index contributed by atoms with van der Waals surface area (Å²) in [5.41, 5.74) is 2.62. The number of ether oxygens (including phenoxy) is 2. The molecule has 1 unspecified atom stereocenters. The molecule has 0 bridgehead atoms. The van der Waals surface area contributed by atoms with Crippen LogP contribution in [0.25, 0.3) is 0 Å². The van der Waals surface area contributed by atoms with E-state index in [1.54, 1.807) is 0 Å². The normalized spacial score (nSPS) is 12.3. The number of hydrogen-bond donors (Lipinski definition) is 0. The molecule has 4 heteroatoms. The van der Waals surface area contributed by atoms with Gasteiger partial charge in [-0.25, -0.2) is 0 Å². The van der Waals surface area contributed by atoms with E-state index in [0.29, 0.717) is 19.6 Å². The third-order valence-electron chi connectivity index (χ3n) is 6.89. The highest BCUT2D eigenvalue weighted by Gasteiger charge is 2.25. The van der Waals surface area contributed by atoms with Gasteiger partial charge >= 0.3 is 5.97 Å². The van der Waals surface area contributed by atoms with Gasteiger partial charge < -0.3 is 14.0 Å². The average molecular weight is 511 g/mol. The fourth-order valence-corrected chi connectivity index (χ4v) is 4.95. The van der Waals surface area contributed by atoms with Crippen molar-refractivity contribution in [2.45, 2.75) is 91.0 Å². The summed E-state index contributed by atoms with van der Waals surface area (Å²) in [6.07, 6.45) is 14.0. The number of carbonyl (C=O) groups is 1. The standard InChI is InChI=1S/C33H52NO3/c1-5-6-7-8-9-10-11-12-14-19-30-22-17-23-32(26-30)36-24-18-25-37-33(35)29(2)27-34(3,4)28-31-20-15-13-16-21-31/h13,15-17,20-23,26,29H,5-12,14,18-19,24-25,27-28H2,1-4H3/q+1. The fraction of sp³-hybridized carbons (Fsp3) is 0.606. The molecular weight excluding hydrogens is 458 g/mol. The summed E-state index contributed by atoms with van der Waals surface area (Å²) < 4.78 is 12.2. The zero-order valence-corrected chi connectivity index (χ0v) is 24.1. The monoisotopic (exact) mass is 510 g/mol. The second kappa shape index (κ2) is 18.0. The predicted octanol–water partition coefficient (Wildman–Crippen LogP) is 7.98. The van der Waals surface area contributed by atoms with E-state index in [9.17, 15) is 4.79 Å². The van der Waals surface area contributed by atoms with Crippen LogP contribution in [0, 0.1) is 5.92 Å². The number of quaternary nitrogens is 1. The Kier molecular flexibility index (Phi) is 15.0. The number of aryl methyl sites for hydroxylation is 1. The molecule has 0 spiro atoms. The summed E-state index contributed by atoms with van der Waals surface area (Å²) >= 11 is 0. The summed E-state index contributed by atoms with van der Waals surface area (Å²) in [6, 6.07) is 18.9. The van der Waals surface area contributed by atoms with Gasteiger partial charge in [0.15, 0.2) is 0 Å². The lowest BCUT2D eigenvalue weighted by molar-refractivity contribution is -0.905. The van der Waals surface area contributed by atoms with Gasteiger partial charge in [0.1, 0.15) is 18.2 Å².